The van der Waals surface area contributed by atoms with Crippen LogP contribution in [0.3, 0.4) is 0 Å². The van der Waals surface area contributed by atoms with Gasteiger partial charge in [-0.25, -0.2) is 4.98 Å². The summed E-state index contributed by atoms with van der Waals surface area (Å²) >= 11 is 0. The number of hydrogen-bond acceptors (Lipinski definition) is 6. The Labute approximate surface area is 166 Å². The van der Waals surface area contributed by atoms with E-state index in [1.54, 1.807) is 0 Å². The minimum Gasteiger partial charge on any atom is -0.355 e. The molecule has 4 heterocycles. The molecule has 0 radical (unpaired) electrons. The topological polar surface area (TPSA) is 77.6 Å². The highest BCUT2D eigenvalue weighted by Gasteiger charge is 2.28. The van der Waals surface area contributed by atoms with E-state index in [4.69, 9.17) is 0 Å². The van der Waals surface area contributed by atoms with Gasteiger partial charge in [-0.3, -0.25) is 14.9 Å². The second kappa shape index (κ2) is 9.01. The van der Waals surface area contributed by atoms with Crippen molar-refractivity contribution in [2.45, 2.75) is 38.0 Å². The molecule has 28 heavy (non-hydrogen) atoms. The highest BCUT2D eigenvalue weighted by Crippen LogP contribution is 2.26. The number of anilines is 1. The maximum Gasteiger partial charge on any atom is 0.234 e. The number of carbonyl (C=O) groups excluding carboxylic acids is 2. The summed E-state index contributed by atoms with van der Waals surface area (Å²) in [6.45, 7) is 7.80. The Morgan fingerprint density at radius 1 is 1.04 bits per heavy atom. The number of amides is 2. The van der Waals surface area contributed by atoms with Crippen LogP contribution in [-0.4, -0.2) is 67.5 Å². The third-order valence-corrected chi connectivity index (χ3v) is 6.30. The normalized spacial score (nSPS) is 25.4. The summed E-state index contributed by atoms with van der Waals surface area (Å²) in [5.74, 6) is 1.18. The number of rotatable bonds is 4. The van der Waals surface area contributed by atoms with Gasteiger partial charge < -0.3 is 15.1 Å². The molecule has 3 aliphatic heterocycles. The van der Waals surface area contributed by atoms with Gasteiger partial charge in [-0.05, 0) is 62.9 Å². The summed E-state index contributed by atoms with van der Waals surface area (Å²) in [4.78, 5) is 33.0. The van der Waals surface area contributed by atoms with E-state index >= 15 is 0 Å². The van der Waals surface area contributed by atoms with Crippen molar-refractivity contribution in [2.24, 2.45) is 5.92 Å². The molecular formula is C21H31N5O2. The minimum absolute atomic E-state index is 0.176. The van der Waals surface area contributed by atoms with Gasteiger partial charge in [0.2, 0.25) is 11.8 Å². The number of imide groups is 1. The van der Waals surface area contributed by atoms with Crippen molar-refractivity contribution in [3.8, 4) is 0 Å². The fourth-order valence-electron chi connectivity index (χ4n) is 4.61. The summed E-state index contributed by atoms with van der Waals surface area (Å²) in [6, 6.07) is 4.03. The molecule has 2 amide bonds. The molecule has 152 valence electrons. The van der Waals surface area contributed by atoms with Crippen LogP contribution in [0, 0.1) is 5.92 Å². The average molecular weight is 386 g/mol. The van der Waals surface area contributed by atoms with E-state index in [0.717, 1.165) is 63.0 Å². The van der Waals surface area contributed by atoms with Gasteiger partial charge in [0, 0.05) is 38.8 Å². The van der Waals surface area contributed by atoms with Gasteiger partial charge >= 0.3 is 0 Å². The zero-order valence-electron chi connectivity index (χ0n) is 16.5. The average Bonchev–Trinajstić information content (AvgIpc) is 2.95. The molecule has 0 spiro atoms. The molecule has 3 saturated heterocycles. The Balaban J connectivity index is 1.33. The molecule has 4 rings (SSSR count). The SMILES string of the molecule is O=C1CC[C@H](c2ccc(N3CCCN(CC4CCNCC4)CC3)nc2)C(=O)N1. The lowest BCUT2D eigenvalue weighted by molar-refractivity contribution is -0.134. The van der Waals surface area contributed by atoms with E-state index in [2.05, 4.69) is 25.4 Å². The van der Waals surface area contributed by atoms with Gasteiger partial charge in [0.15, 0.2) is 0 Å². The first-order chi connectivity index (χ1) is 13.7. The lowest BCUT2D eigenvalue weighted by Gasteiger charge is -2.29. The van der Waals surface area contributed by atoms with E-state index in [0.29, 0.717) is 12.8 Å². The van der Waals surface area contributed by atoms with Crippen molar-refractivity contribution in [3.63, 3.8) is 0 Å². The molecule has 7 heteroatoms. The Morgan fingerprint density at radius 2 is 1.89 bits per heavy atom. The molecule has 1 aromatic heterocycles. The third-order valence-electron chi connectivity index (χ3n) is 6.30. The summed E-state index contributed by atoms with van der Waals surface area (Å²) in [5, 5.41) is 5.88. The van der Waals surface area contributed by atoms with E-state index in [-0.39, 0.29) is 17.7 Å². The monoisotopic (exact) mass is 385 g/mol. The van der Waals surface area contributed by atoms with E-state index < -0.39 is 0 Å². The molecule has 0 bridgehead atoms. The molecule has 0 unspecified atom stereocenters. The highest BCUT2D eigenvalue weighted by molar-refractivity contribution is 6.00. The van der Waals surface area contributed by atoms with Crippen LogP contribution < -0.4 is 15.5 Å². The van der Waals surface area contributed by atoms with Crippen molar-refractivity contribution < 1.29 is 9.59 Å². The lowest BCUT2D eigenvalue weighted by atomic mass is 9.92. The highest BCUT2D eigenvalue weighted by atomic mass is 16.2. The van der Waals surface area contributed by atoms with Crippen LogP contribution in [0.5, 0.6) is 0 Å². The minimum atomic E-state index is -0.260. The van der Waals surface area contributed by atoms with Crippen molar-refractivity contribution >= 4 is 17.6 Å². The Morgan fingerprint density at radius 3 is 2.64 bits per heavy atom. The number of aromatic nitrogens is 1. The first-order valence-corrected chi connectivity index (χ1v) is 10.7. The number of carbonyl (C=O) groups is 2. The van der Waals surface area contributed by atoms with E-state index in [1.807, 2.05) is 18.3 Å². The lowest BCUT2D eigenvalue weighted by Crippen LogP contribution is -2.39. The number of piperidine rings is 2. The number of hydrogen-bond donors (Lipinski definition) is 2. The first kappa shape index (κ1) is 19.3. The second-order valence-electron chi connectivity index (χ2n) is 8.29. The maximum atomic E-state index is 12.1. The zero-order valence-corrected chi connectivity index (χ0v) is 16.5. The van der Waals surface area contributed by atoms with Gasteiger partial charge in [-0.2, -0.15) is 0 Å². The standard InChI is InChI=1S/C21H31N5O2/c27-20-5-3-18(21(28)24-20)17-2-4-19(23-14-17)26-11-1-10-25(12-13-26)15-16-6-8-22-9-7-16/h2,4,14,16,18,22H,1,3,5-13,15H2,(H,24,27,28)/t18-/m1/s1. The largest absolute Gasteiger partial charge is 0.355 e. The van der Waals surface area contributed by atoms with Gasteiger partial charge in [-0.15, -0.1) is 0 Å². The summed E-state index contributed by atoms with van der Waals surface area (Å²) in [7, 11) is 0. The third kappa shape index (κ3) is 4.70. The molecule has 3 fully saturated rings. The van der Waals surface area contributed by atoms with Crippen LogP contribution in [-0.2, 0) is 9.59 Å². The smallest absolute Gasteiger partial charge is 0.234 e. The van der Waals surface area contributed by atoms with E-state index in [1.165, 1.54) is 19.4 Å². The Kier molecular flexibility index (Phi) is 6.22. The Hall–Kier alpha value is -1.99. The molecular weight excluding hydrogens is 354 g/mol. The molecule has 7 nitrogen and oxygen atoms in total. The molecule has 3 aliphatic rings. The van der Waals surface area contributed by atoms with Gasteiger partial charge in [0.05, 0.1) is 5.92 Å². The molecule has 0 aromatic carbocycles. The number of nitrogens with one attached hydrogen (secondary N) is 2. The van der Waals surface area contributed by atoms with Crippen molar-refractivity contribution in [1.29, 1.82) is 0 Å². The summed E-state index contributed by atoms with van der Waals surface area (Å²) in [6.07, 6.45) is 6.53. The first-order valence-electron chi connectivity index (χ1n) is 10.7. The van der Waals surface area contributed by atoms with Crippen LogP contribution in [0.4, 0.5) is 5.82 Å². The quantitative estimate of drug-likeness (QED) is 0.757. The Bertz CT molecular complexity index is 687. The molecule has 0 saturated carbocycles. The second-order valence-corrected chi connectivity index (χ2v) is 8.29. The fraction of sp³-hybridized carbons (Fsp3) is 0.667. The van der Waals surface area contributed by atoms with Gasteiger partial charge in [0.25, 0.3) is 0 Å². The van der Waals surface area contributed by atoms with Crippen LogP contribution in [0.15, 0.2) is 18.3 Å². The molecule has 1 aromatic rings. The molecule has 0 aliphatic carbocycles. The maximum absolute atomic E-state index is 12.1. The molecule has 1 atom stereocenters. The van der Waals surface area contributed by atoms with Crippen LogP contribution in [0.1, 0.15) is 43.6 Å². The van der Waals surface area contributed by atoms with Crippen molar-refractivity contribution in [3.05, 3.63) is 23.9 Å². The van der Waals surface area contributed by atoms with Crippen LogP contribution in [0.2, 0.25) is 0 Å². The van der Waals surface area contributed by atoms with Crippen LogP contribution in [0.25, 0.3) is 0 Å². The van der Waals surface area contributed by atoms with Crippen LogP contribution >= 0.6 is 0 Å². The predicted molar refractivity (Wildman–Crippen MR) is 108 cm³/mol. The van der Waals surface area contributed by atoms with Gasteiger partial charge in [-0.1, -0.05) is 6.07 Å². The van der Waals surface area contributed by atoms with Crippen molar-refractivity contribution in [2.75, 3.05) is 50.7 Å². The zero-order chi connectivity index (χ0) is 19.3. The summed E-state index contributed by atoms with van der Waals surface area (Å²) < 4.78 is 0. The summed E-state index contributed by atoms with van der Waals surface area (Å²) in [5.41, 5.74) is 0.899. The van der Waals surface area contributed by atoms with Crippen molar-refractivity contribution in [1.82, 2.24) is 20.5 Å². The fourth-order valence-corrected chi connectivity index (χ4v) is 4.61. The molecule has 2 N–H and O–H groups in total. The number of pyridine rings is 1. The van der Waals surface area contributed by atoms with E-state index in [9.17, 15) is 9.59 Å². The number of nitrogens with zero attached hydrogens (tertiary/aromatic N) is 3. The predicted octanol–water partition coefficient (Wildman–Crippen LogP) is 1.11. The van der Waals surface area contributed by atoms with Gasteiger partial charge in [0.1, 0.15) is 5.82 Å².